The van der Waals surface area contributed by atoms with Gasteiger partial charge in [0, 0.05) is 11.4 Å². The van der Waals surface area contributed by atoms with Crippen LogP contribution in [-0.2, 0) is 0 Å². The third-order valence-electron chi connectivity index (χ3n) is 11.0. The molecule has 0 fully saturated rings. The Labute approximate surface area is 309 Å². The molecule has 4 heterocycles. The number of aromatic nitrogens is 6. The summed E-state index contributed by atoms with van der Waals surface area (Å²) in [5.74, 6) is 1.79. The van der Waals surface area contributed by atoms with Crippen molar-refractivity contribution in [3.63, 3.8) is 0 Å². The van der Waals surface area contributed by atoms with Crippen molar-refractivity contribution in [2.75, 3.05) is 0 Å². The fraction of sp³-hybridized carbons (Fsp3) is 0. The van der Waals surface area contributed by atoms with Gasteiger partial charge in [-0.25, -0.2) is 9.97 Å². The van der Waals surface area contributed by atoms with Crippen LogP contribution in [-0.4, -0.2) is 27.9 Å². The fourth-order valence-electron chi connectivity index (χ4n) is 8.42. The van der Waals surface area contributed by atoms with E-state index in [1.165, 1.54) is 21.9 Å². The number of hydrogen-bond acceptors (Lipinski definition) is 2. The second-order valence-electron chi connectivity index (χ2n) is 14.0. The topological polar surface area (TPSA) is 44.5 Å². The van der Waals surface area contributed by atoms with Crippen molar-refractivity contribution in [3.8, 4) is 33.6 Å². The maximum Gasteiger partial charge on any atom is 0.220 e. The van der Waals surface area contributed by atoms with Gasteiger partial charge in [0.05, 0.1) is 44.1 Å². The van der Waals surface area contributed by atoms with Crippen molar-refractivity contribution >= 4 is 66.5 Å². The largest absolute Gasteiger partial charge is 0.278 e. The summed E-state index contributed by atoms with van der Waals surface area (Å²) < 4.78 is 9.18. The lowest BCUT2D eigenvalue weighted by Crippen LogP contribution is -1.95. The van der Waals surface area contributed by atoms with Gasteiger partial charge in [0.15, 0.2) is 0 Å². The summed E-state index contributed by atoms with van der Waals surface area (Å²) in [5, 5.41) is 2.42. The quantitative estimate of drug-likeness (QED) is 0.184. The second kappa shape index (κ2) is 11.0. The zero-order valence-electron chi connectivity index (χ0n) is 29.0. The van der Waals surface area contributed by atoms with Crippen LogP contribution in [0.3, 0.4) is 0 Å². The molecule has 0 radical (unpaired) electrons. The number of para-hydroxylation sites is 4. The lowest BCUT2D eigenvalue weighted by molar-refractivity contribution is 1.11. The van der Waals surface area contributed by atoms with Gasteiger partial charge in [-0.2, -0.15) is 0 Å². The Morgan fingerprint density at radius 3 is 1.41 bits per heavy atom. The SMILES string of the molecule is c1ccc(-c2ccc(-n3c4ccc(-c5ccc6c(c5)n5c7ccccc7nc5n6-c5ccc6ccccc6c5)cc4n4c5ccccc5nc34)cc2)cc1. The number of nitrogens with zero attached hydrogens (tertiary/aromatic N) is 6. The van der Waals surface area contributed by atoms with E-state index < -0.39 is 0 Å². The monoisotopic (exact) mass is 690 g/mol. The van der Waals surface area contributed by atoms with Gasteiger partial charge in [-0.05, 0) is 106 Å². The second-order valence-corrected chi connectivity index (χ2v) is 14.0. The number of imidazole rings is 4. The highest BCUT2D eigenvalue weighted by molar-refractivity contribution is 5.98. The van der Waals surface area contributed by atoms with E-state index in [1.807, 2.05) is 0 Å². The number of benzene rings is 8. The summed E-state index contributed by atoms with van der Waals surface area (Å²) in [4.78, 5) is 10.3. The molecule has 0 bridgehead atoms. The van der Waals surface area contributed by atoms with Crippen LogP contribution < -0.4 is 0 Å². The van der Waals surface area contributed by atoms with Crippen LogP contribution in [0.4, 0.5) is 0 Å². The first-order chi connectivity index (χ1) is 26.8. The minimum Gasteiger partial charge on any atom is -0.278 e. The Morgan fingerprint density at radius 1 is 0.296 bits per heavy atom. The van der Waals surface area contributed by atoms with E-state index in [0.29, 0.717) is 0 Å². The minimum absolute atomic E-state index is 0.894. The Hall–Kier alpha value is -7.44. The van der Waals surface area contributed by atoms with Gasteiger partial charge in [0.1, 0.15) is 0 Å². The fourth-order valence-corrected chi connectivity index (χ4v) is 8.42. The van der Waals surface area contributed by atoms with Crippen LogP contribution in [0.2, 0.25) is 0 Å². The molecular weight excluding hydrogens is 661 g/mol. The first-order valence-electron chi connectivity index (χ1n) is 18.3. The summed E-state index contributed by atoms with van der Waals surface area (Å²) in [6.45, 7) is 0. The smallest absolute Gasteiger partial charge is 0.220 e. The van der Waals surface area contributed by atoms with Gasteiger partial charge in [0.2, 0.25) is 11.6 Å². The molecule has 4 aromatic heterocycles. The van der Waals surface area contributed by atoms with Crippen LogP contribution in [0, 0.1) is 0 Å². The lowest BCUT2D eigenvalue weighted by Gasteiger charge is -2.09. The molecule has 54 heavy (non-hydrogen) atoms. The highest BCUT2D eigenvalue weighted by atomic mass is 15.2. The van der Waals surface area contributed by atoms with E-state index in [0.717, 1.165) is 78.2 Å². The first kappa shape index (κ1) is 29.2. The van der Waals surface area contributed by atoms with Crippen molar-refractivity contribution in [2.45, 2.75) is 0 Å². The standard InChI is InChI=1S/C48H30N6/c1-2-10-31(11-3-1)33-18-23-37(24-19-33)51-43-26-21-35(29-45(43)53-41-16-8-6-14-39(41)49-47(51)53)36-22-27-44-46(30-36)54-42-17-9-7-15-40(42)50-48(54)52(44)38-25-20-32-12-4-5-13-34(32)28-38/h1-30H. The molecule has 0 saturated carbocycles. The predicted molar refractivity (Wildman–Crippen MR) is 221 cm³/mol. The molecule has 0 unspecified atom stereocenters. The molecule has 0 N–H and O–H groups in total. The average Bonchev–Trinajstić information content (AvgIpc) is 3.97. The summed E-state index contributed by atoms with van der Waals surface area (Å²) >= 11 is 0. The minimum atomic E-state index is 0.894. The molecule has 6 nitrogen and oxygen atoms in total. The number of hydrogen-bond donors (Lipinski definition) is 0. The lowest BCUT2D eigenvalue weighted by atomic mass is 10.0. The Balaban J connectivity index is 1.07. The molecule has 0 saturated heterocycles. The molecule has 252 valence electrons. The molecule has 0 aliphatic rings. The van der Waals surface area contributed by atoms with E-state index in [2.05, 4.69) is 200 Å². The molecule has 0 atom stereocenters. The average molecular weight is 691 g/mol. The molecule has 12 aromatic rings. The van der Waals surface area contributed by atoms with Gasteiger partial charge in [-0.3, -0.25) is 17.9 Å². The molecule has 0 amide bonds. The summed E-state index contributed by atoms with van der Waals surface area (Å²) in [6, 6.07) is 64.9. The zero-order valence-corrected chi connectivity index (χ0v) is 29.0. The molecule has 0 aliphatic carbocycles. The molecule has 12 rings (SSSR count). The van der Waals surface area contributed by atoms with E-state index in [1.54, 1.807) is 0 Å². The van der Waals surface area contributed by atoms with Crippen molar-refractivity contribution in [1.82, 2.24) is 27.9 Å². The maximum absolute atomic E-state index is 5.18. The molecule has 0 aliphatic heterocycles. The van der Waals surface area contributed by atoms with E-state index >= 15 is 0 Å². The van der Waals surface area contributed by atoms with Crippen molar-refractivity contribution < 1.29 is 0 Å². The third kappa shape index (κ3) is 4.16. The van der Waals surface area contributed by atoms with Crippen molar-refractivity contribution in [1.29, 1.82) is 0 Å². The predicted octanol–water partition coefficient (Wildman–Crippen LogP) is 11.7. The first-order valence-corrected chi connectivity index (χ1v) is 18.3. The van der Waals surface area contributed by atoms with Gasteiger partial charge in [0.25, 0.3) is 0 Å². The van der Waals surface area contributed by atoms with E-state index in [4.69, 9.17) is 9.97 Å². The molecule has 6 heteroatoms. The van der Waals surface area contributed by atoms with E-state index in [-0.39, 0.29) is 0 Å². The third-order valence-corrected chi connectivity index (χ3v) is 11.0. The van der Waals surface area contributed by atoms with E-state index in [9.17, 15) is 0 Å². The Kier molecular flexibility index (Phi) is 5.96. The van der Waals surface area contributed by atoms with Gasteiger partial charge < -0.3 is 0 Å². The highest BCUT2D eigenvalue weighted by Gasteiger charge is 2.21. The number of rotatable bonds is 4. The Morgan fingerprint density at radius 2 is 0.778 bits per heavy atom. The highest BCUT2D eigenvalue weighted by Crippen LogP contribution is 2.36. The molecule has 8 aromatic carbocycles. The summed E-state index contributed by atoms with van der Waals surface area (Å²) in [6.07, 6.45) is 0. The van der Waals surface area contributed by atoms with Gasteiger partial charge in [-0.1, -0.05) is 109 Å². The molecular formula is C48H30N6. The van der Waals surface area contributed by atoms with Crippen molar-refractivity contribution in [2.24, 2.45) is 0 Å². The van der Waals surface area contributed by atoms with Gasteiger partial charge >= 0.3 is 0 Å². The number of fused-ring (bicyclic) bond motifs is 11. The zero-order chi connectivity index (χ0) is 35.3. The van der Waals surface area contributed by atoms with Gasteiger partial charge in [-0.15, -0.1) is 0 Å². The maximum atomic E-state index is 5.18. The Bertz CT molecular complexity index is 3430. The normalized spacial score (nSPS) is 12.1. The summed E-state index contributed by atoms with van der Waals surface area (Å²) in [7, 11) is 0. The summed E-state index contributed by atoms with van der Waals surface area (Å²) in [5.41, 5.74) is 15.4. The van der Waals surface area contributed by atoms with Crippen LogP contribution in [0.1, 0.15) is 0 Å². The molecule has 0 spiro atoms. The van der Waals surface area contributed by atoms with Crippen LogP contribution >= 0.6 is 0 Å². The van der Waals surface area contributed by atoms with Crippen molar-refractivity contribution in [3.05, 3.63) is 182 Å². The van der Waals surface area contributed by atoms with Crippen LogP contribution in [0.25, 0.3) is 100 Å². The van der Waals surface area contributed by atoms with Crippen LogP contribution in [0.5, 0.6) is 0 Å². The van der Waals surface area contributed by atoms with Crippen LogP contribution in [0.15, 0.2) is 182 Å².